The minimum absolute atomic E-state index is 0.173. The Morgan fingerprint density at radius 1 is 1.20 bits per heavy atom. The van der Waals surface area contributed by atoms with Gasteiger partial charge in [0.05, 0.1) is 5.52 Å². The topological polar surface area (TPSA) is 46.4 Å². The maximum absolute atomic E-state index is 12.1. The zero-order valence-corrected chi connectivity index (χ0v) is 12.2. The van der Waals surface area contributed by atoms with E-state index in [-0.39, 0.29) is 5.91 Å². The predicted molar refractivity (Wildman–Crippen MR) is 80.5 cm³/mol. The zero-order valence-electron chi connectivity index (χ0n) is 10.6. The van der Waals surface area contributed by atoms with E-state index < -0.39 is 0 Å². The van der Waals surface area contributed by atoms with E-state index in [4.69, 9.17) is 0 Å². The van der Waals surface area contributed by atoms with Gasteiger partial charge in [0.2, 0.25) is 0 Å². The van der Waals surface area contributed by atoms with Gasteiger partial charge in [-0.2, -0.15) is 5.10 Å². The summed E-state index contributed by atoms with van der Waals surface area (Å²) < 4.78 is 2.69. The molecule has 3 aromatic rings. The Bertz CT molecular complexity index is 733. The molecule has 0 radical (unpaired) electrons. The van der Waals surface area contributed by atoms with Gasteiger partial charge in [0, 0.05) is 17.2 Å². The van der Waals surface area contributed by atoms with E-state index in [1.807, 2.05) is 48.7 Å². The summed E-state index contributed by atoms with van der Waals surface area (Å²) in [4.78, 5) is 12.1. The van der Waals surface area contributed by atoms with Crippen molar-refractivity contribution in [1.82, 2.24) is 14.9 Å². The predicted octanol–water partition coefficient (Wildman–Crippen LogP) is 3.03. The van der Waals surface area contributed by atoms with Crippen molar-refractivity contribution >= 4 is 27.4 Å². The highest BCUT2D eigenvalue weighted by molar-refractivity contribution is 9.10. The van der Waals surface area contributed by atoms with Gasteiger partial charge in [0.15, 0.2) is 5.69 Å². The van der Waals surface area contributed by atoms with Gasteiger partial charge in [-0.1, -0.05) is 34.1 Å². The monoisotopic (exact) mass is 329 g/mol. The van der Waals surface area contributed by atoms with Crippen LogP contribution in [0.3, 0.4) is 0 Å². The second-order valence-corrected chi connectivity index (χ2v) is 5.33. The molecule has 2 aromatic heterocycles. The minimum atomic E-state index is -0.173. The van der Waals surface area contributed by atoms with E-state index in [1.54, 1.807) is 10.6 Å². The van der Waals surface area contributed by atoms with Crippen molar-refractivity contribution < 1.29 is 4.79 Å². The molecular weight excluding hydrogens is 318 g/mol. The lowest BCUT2D eigenvalue weighted by molar-refractivity contribution is 0.0945. The molecule has 4 nitrogen and oxygen atoms in total. The zero-order chi connectivity index (χ0) is 13.9. The van der Waals surface area contributed by atoms with Gasteiger partial charge in [-0.25, -0.2) is 4.52 Å². The number of aromatic nitrogens is 2. The highest BCUT2D eigenvalue weighted by Gasteiger charge is 2.10. The molecule has 0 aliphatic rings. The van der Waals surface area contributed by atoms with E-state index in [9.17, 15) is 4.79 Å². The molecule has 0 bridgehead atoms. The van der Waals surface area contributed by atoms with Crippen molar-refractivity contribution in [3.8, 4) is 0 Å². The number of benzene rings is 1. The van der Waals surface area contributed by atoms with Crippen LogP contribution in [0.25, 0.3) is 5.52 Å². The third-order valence-corrected chi connectivity index (χ3v) is 3.44. The number of carbonyl (C=O) groups excluding carboxylic acids is 1. The summed E-state index contributed by atoms with van der Waals surface area (Å²) in [5, 5.41) is 7.11. The number of carbonyl (C=O) groups is 1. The first-order valence-electron chi connectivity index (χ1n) is 6.19. The smallest absolute Gasteiger partial charge is 0.272 e. The Morgan fingerprint density at radius 3 is 2.90 bits per heavy atom. The fourth-order valence-corrected chi connectivity index (χ4v) is 2.42. The molecule has 0 atom stereocenters. The summed E-state index contributed by atoms with van der Waals surface area (Å²) in [5.41, 5.74) is 2.36. The number of pyridine rings is 1. The van der Waals surface area contributed by atoms with Gasteiger partial charge in [-0.05, 0) is 35.9 Å². The number of nitrogens with one attached hydrogen (secondary N) is 1. The standard InChI is InChI=1S/C15H12BrN3O/c16-12-5-3-4-11(8-12)10-17-15(20)14-9-13-6-1-2-7-19(13)18-14/h1-9H,10H2,(H,17,20). The van der Waals surface area contributed by atoms with E-state index in [1.165, 1.54) is 0 Å². The van der Waals surface area contributed by atoms with Gasteiger partial charge in [-0.3, -0.25) is 4.79 Å². The average molecular weight is 330 g/mol. The van der Waals surface area contributed by atoms with Gasteiger partial charge in [0.25, 0.3) is 5.91 Å². The molecular formula is C15H12BrN3O. The number of nitrogens with zero attached hydrogens (tertiary/aromatic N) is 2. The first-order chi connectivity index (χ1) is 9.72. The van der Waals surface area contributed by atoms with Crippen LogP contribution in [0.1, 0.15) is 16.1 Å². The summed E-state index contributed by atoms with van der Waals surface area (Å²) in [7, 11) is 0. The van der Waals surface area contributed by atoms with Gasteiger partial charge >= 0.3 is 0 Å². The average Bonchev–Trinajstić information content (AvgIpc) is 2.89. The van der Waals surface area contributed by atoms with E-state index in [2.05, 4.69) is 26.3 Å². The normalized spacial score (nSPS) is 10.7. The Hall–Kier alpha value is -2.14. The summed E-state index contributed by atoms with van der Waals surface area (Å²) >= 11 is 3.41. The third kappa shape index (κ3) is 2.72. The summed E-state index contributed by atoms with van der Waals surface area (Å²) in [6.07, 6.45) is 1.82. The van der Waals surface area contributed by atoms with Crippen LogP contribution in [-0.2, 0) is 6.54 Å². The second-order valence-electron chi connectivity index (χ2n) is 4.41. The lowest BCUT2D eigenvalue weighted by Gasteiger charge is -2.03. The fraction of sp³-hybridized carbons (Fsp3) is 0.0667. The highest BCUT2D eigenvalue weighted by atomic mass is 79.9. The number of hydrogen-bond donors (Lipinski definition) is 1. The quantitative estimate of drug-likeness (QED) is 0.802. The van der Waals surface area contributed by atoms with E-state index in [0.29, 0.717) is 12.2 Å². The Morgan fingerprint density at radius 2 is 2.10 bits per heavy atom. The molecule has 0 fully saturated rings. The van der Waals surface area contributed by atoms with Crippen molar-refractivity contribution in [2.45, 2.75) is 6.54 Å². The Balaban J connectivity index is 1.73. The Labute approximate surface area is 124 Å². The lowest BCUT2D eigenvalue weighted by atomic mass is 10.2. The molecule has 3 rings (SSSR count). The van der Waals surface area contributed by atoms with Crippen molar-refractivity contribution in [2.24, 2.45) is 0 Å². The molecule has 0 saturated heterocycles. The van der Waals surface area contributed by atoms with Gasteiger partial charge < -0.3 is 5.32 Å². The highest BCUT2D eigenvalue weighted by Crippen LogP contribution is 2.11. The summed E-state index contributed by atoms with van der Waals surface area (Å²) in [6.45, 7) is 0.478. The molecule has 1 amide bonds. The SMILES string of the molecule is O=C(NCc1cccc(Br)c1)c1cc2ccccn2n1. The number of hydrogen-bond acceptors (Lipinski definition) is 2. The molecule has 20 heavy (non-hydrogen) atoms. The maximum atomic E-state index is 12.1. The van der Waals surface area contributed by atoms with Crippen LogP contribution >= 0.6 is 15.9 Å². The lowest BCUT2D eigenvalue weighted by Crippen LogP contribution is -2.23. The first-order valence-corrected chi connectivity index (χ1v) is 6.99. The van der Waals surface area contributed by atoms with E-state index in [0.717, 1.165) is 15.6 Å². The fourth-order valence-electron chi connectivity index (χ4n) is 1.97. The largest absolute Gasteiger partial charge is 0.347 e. The van der Waals surface area contributed by atoms with E-state index >= 15 is 0 Å². The van der Waals surface area contributed by atoms with Crippen LogP contribution in [0, 0.1) is 0 Å². The van der Waals surface area contributed by atoms with Crippen LogP contribution in [0.2, 0.25) is 0 Å². The first kappa shape index (κ1) is 12.9. The molecule has 1 N–H and O–H groups in total. The number of amides is 1. The van der Waals surface area contributed by atoms with Crippen molar-refractivity contribution in [2.75, 3.05) is 0 Å². The van der Waals surface area contributed by atoms with Crippen molar-refractivity contribution in [1.29, 1.82) is 0 Å². The van der Waals surface area contributed by atoms with Crippen LogP contribution < -0.4 is 5.32 Å². The summed E-state index contributed by atoms with van der Waals surface area (Å²) in [6, 6.07) is 15.3. The minimum Gasteiger partial charge on any atom is -0.347 e. The van der Waals surface area contributed by atoms with Crippen LogP contribution in [0.4, 0.5) is 0 Å². The van der Waals surface area contributed by atoms with Crippen LogP contribution in [-0.4, -0.2) is 15.5 Å². The molecule has 1 aromatic carbocycles. The Kier molecular flexibility index (Phi) is 3.52. The van der Waals surface area contributed by atoms with Crippen LogP contribution in [0.15, 0.2) is 59.2 Å². The summed E-state index contributed by atoms with van der Waals surface area (Å²) in [5.74, 6) is -0.173. The molecule has 0 aliphatic heterocycles. The van der Waals surface area contributed by atoms with Crippen LogP contribution in [0.5, 0.6) is 0 Å². The van der Waals surface area contributed by atoms with Gasteiger partial charge in [0.1, 0.15) is 0 Å². The number of fused-ring (bicyclic) bond motifs is 1. The second kappa shape index (κ2) is 5.46. The molecule has 0 unspecified atom stereocenters. The molecule has 100 valence electrons. The number of rotatable bonds is 3. The maximum Gasteiger partial charge on any atom is 0.272 e. The van der Waals surface area contributed by atoms with Crippen molar-refractivity contribution in [3.05, 3.63) is 70.5 Å². The van der Waals surface area contributed by atoms with Crippen molar-refractivity contribution in [3.63, 3.8) is 0 Å². The molecule has 0 spiro atoms. The molecule has 2 heterocycles. The molecule has 0 aliphatic carbocycles. The third-order valence-electron chi connectivity index (χ3n) is 2.94. The molecule has 0 saturated carbocycles. The molecule has 5 heteroatoms. The van der Waals surface area contributed by atoms with Gasteiger partial charge in [-0.15, -0.1) is 0 Å². The number of halogens is 1.